The van der Waals surface area contributed by atoms with Gasteiger partial charge in [0.1, 0.15) is 35.1 Å². The van der Waals surface area contributed by atoms with Crippen LogP contribution in [-0.4, -0.2) is 30.7 Å². The Kier molecular flexibility index (Phi) is 4.35. The summed E-state index contributed by atoms with van der Waals surface area (Å²) in [6.45, 7) is 5.74. The van der Waals surface area contributed by atoms with Crippen LogP contribution in [0.15, 0.2) is 24.7 Å². The summed E-state index contributed by atoms with van der Waals surface area (Å²) < 4.78 is 7.50. The fraction of sp³-hybridized carbons (Fsp3) is 0.312. The molecule has 3 N–H and O–H groups in total. The minimum Gasteiger partial charge on any atom is -0.473 e. The number of hydrogen-bond acceptors (Lipinski definition) is 8. The van der Waals surface area contributed by atoms with Crippen molar-refractivity contribution >= 4 is 17.2 Å². The SMILES string of the molecule is CC(C)Oc1nc([C@H](C)Nc2ncnc(N)c2C#N)nn2cccc12. The van der Waals surface area contributed by atoms with Crippen LogP contribution in [0.25, 0.3) is 5.52 Å². The van der Waals surface area contributed by atoms with Gasteiger partial charge in [-0.25, -0.2) is 14.5 Å². The monoisotopic (exact) mass is 338 g/mol. The maximum Gasteiger partial charge on any atom is 0.242 e. The van der Waals surface area contributed by atoms with Gasteiger partial charge in [-0.2, -0.15) is 15.3 Å². The molecule has 0 amide bonds. The van der Waals surface area contributed by atoms with E-state index < -0.39 is 0 Å². The van der Waals surface area contributed by atoms with Crippen molar-refractivity contribution in [2.75, 3.05) is 11.1 Å². The summed E-state index contributed by atoms with van der Waals surface area (Å²) in [7, 11) is 0. The van der Waals surface area contributed by atoms with Gasteiger partial charge in [0.15, 0.2) is 5.82 Å². The molecular formula is C16H18N8O. The van der Waals surface area contributed by atoms with Crippen molar-refractivity contribution in [2.45, 2.75) is 32.9 Å². The number of anilines is 2. The zero-order valence-corrected chi connectivity index (χ0v) is 14.1. The third-order valence-electron chi connectivity index (χ3n) is 3.45. The predicted octanol–water partition coefficient (Wildman–Crippen LogP) is 1.93. The molecule has 3 rings (SSSR count). The van der Waals surface area contributed by atoms with Crippen molar-refractivity contribution in [1.82, 2.24) is 24.6 Å². The Morgan fingerprint density at radius 1 is 1.32 bits per heavy atom. The molecule has 0 aromatic carbocycles. The van der Waals surface area contributed by atoms with Crippen LogP contribution in [0, 0.1) is 11.3 Å². The van der Waals surface area contributed by atoms with E-state index in [-0.39, 0.29) is 23.5 Å². The van der Waals surface area contributed by atoms with Crippen molar-refractivity contribution in [1.29, 1.82) is 5.26 Å². The molecule has 0 saturated heterocycles. The molecule has 9 nitrogen and oxygen atoms in total. The average molecular weight is 338 g/mol. The molecule has 3 aromatic heterocycles. The van der Waals surface area contributed by atoms with Crippen LogP contribution in [-0.2, 0) is 0 Å². The van der Waals surface area contributed by atoms with E-state index in [0.717, 1.165) is 5.52 Å². The molecule has 25 heavy (non-hydrogen) atoms. The molecule has 3 aromatic rings. The van der Waals surface area contributed by atoms with Crippen molar-refractivity contribution in [2.24, 2.45) is 0 Å². The van der Waals surface area contributed by atoms with Crippen LogP contribution >= 0.6 is 0 Å². The normalized spacial score (nSPS) is 12.1. The highest BCUT2D eigenvalue weighted by Crippen LogP contribution is 2.24. The lowest BCUT2D eigenvalue weighted by Crippen LogP contribution is -2.17. The van der Waals surface area contributed by atoms with E-state index in [4.69, 9.17) is 10.5 Å². The fourth-order valence-electron chi connectivity index (χ4n) is 2.30. The maximum atomic E-state index is 9.23. The summed E-state index contributed by atoms with van der Waals surface area (Å²) in [6, 6.07) is 5.43. The Morgan fingerprint density at radius 2 is 2.12 bits per heavy atom. The van der Waals surface area contributed by atoms with Gasteiger partial charge in [0, 0.05) is 6.20 Å². The number of fused-ring (bicyclic) bond motifs is 1. The van der Waals surface area contributed by atoms with Gasteiger partial charge in [0.2, 0.25) is 5.88 Å². The van der Waals surface area contributed by atoms with Crippen molar-refractivity contribution < 1.29 is 4.74 Å². The predicted molar refractivity (Wildman–Crippen MR) is 91.9 cm³/mol. The van der Waals surface area contributed by atoms with E-state index in [1.807, 2.05) is 45.2 Å². The highest BCUT2D eigenvalue weighted by Gasteiger charge is 2.18. The lowest BCUT2D eigenvalue weighted by molar-refractivity contribution is 0.233. The fourth-order valence-corrected chi connectivity index (χ4v) is 2.30. The van der Waals surface area contributed by atoms with Gasteiger partial charge < -0.3 is 15.8 Å². The molecule has 0 radical (unpaired) electrons. The first-order valence-electron chi connectivity index (χ1n) is 7.78. The number of nitrogens with one attached hydrogen (secondary N) is 1. The lowest BCUT2D eigenvalue weighted by atomic mass is 10.2. The number of aromatic nitrogens is 5. The molecule has 128 valence electrons. The highest BCUT2D eigenvalue weighted by molar-refractivity contribution is 5.62. The van der Waals surface area contributed by atoms with E-state index in [9.17, 15) is 5.26 Å². The average Bonchev–Trinajstić information content (AvgIpc) is 3.03. The Balaban J connectivity index is 1.96. The van der Waals surface area contributed by atoms with Crippen LogP contribution in [0.2, 0.25) is 0 Å². The summed E-state index contributed by atoms with van der Waals surface area (Å²) in [5, 5.41) is 16.8. The largest absolute Gasteiger partial charge is 0.473 e. The highest BCUT2D eigenvalue weighted by atomic mass is 16.5. The van der Waals surface area contributed by atoms with Crippen molar-refractivity contribution in [3.63, 3.8) is 0 Å². The Bertz CT molecular complexity index is 943. The van der Waals surface area contributed by atoms with E-state index in [0.29, 0.717) is 17.5 Å². The lowest BCUT2D eigenvalue weighted by Gasteiger charge is -2.17. The molecule has 1 atom stereocenters. The molecular weight excluding hydrogens is 320 g/mol. The van der Waals surface area contributed by atoms with Crippen LogP contribution in [0.1, 0.15) is 38.2 Å². The Labute approximate surface area is 144 Å². The Hall–Kier alpha value is -3.41. The van der Waals surface area contributed by atoms with Crippen molar-refractivity contribution in [3.8, 4) is 11.9 Å². The van der Waals surface area contributed by atoms with Gasteiger partial charge in [-0.3, -0.25) is 0 Å². The van der Waals surface area contributed by atoms with Crippen LogP contribution in [0.4, 0.5) is 11.6 Å². The first-order chi connectivity index (χ1) is 12.0. The topological polar surface area (TPSA) is 127 Å². The number of nitrogen functional groups attached to an aromatic ring is 1. The third-order valence-corrected chi connectivity index (χ3v) is 3.45. The maximum absolute atomic E-state index is 9.23. The first kappa shape index (κ1) is 16.4. The summed E-state index contributed by atoms with van der Waals surface area (Å²) in [4.78, 5) is 12.4. The molecule has 0 bridgehead atoms. The van der Waals surface area contributed by atoms with Gasteiger partial charge in [-0.15, -0.1) is 0 Å². The number of nitriles is 1. The van der Waals surface area contributed by atoms with Gasteiger partial charge >= 0.3 is 0 Å². The summed E-state index contributed by atoms with van der Waals surface area (Å²) in [5.74, 6) is 1.46. The second-order valence-electron chi connectivity index (χ2n) is 5.74. The molecule has 0 spiro atoms. The van der Waals surface area contributed by atoms with E-state index in [2.05, 4.69) is 25.4 Å². The number of rotatable bonds is 5. The second-order valence-corrected chi connectivity index (χ2v) is 5.74. The van der Waals surface area contributed by atoms with Crippen molar-refractivity contribution in [3.05, 3.63) is 36.0 Å². The molecule has 0 saturated carbocycles. The zero-order chi connectivity index (χ0) is 18.0. The quantitative estimate of drug-likeness (QED) is 0.722. The minimum absolute atomic E-state index is 0.0171. The third kappa shape index (κ3) is 3.28. The number of ether oxygens (including phenoxy) is 1. The molecule has 0 aliphatic rings. The zero-order valence-electron chi connectivity index (χ0n) is 14.1. The first-order valence-corrected chi connectivity index (χ1v) is 7.78. The number of nitrogens with zero attached hydrogens (tertiary/aromatic N) is 6. The molecule has 0 fully saturated rings. The van der Waals surface area contributed by atoms with Crippen LogP contribution in [0.5, 0.6) is 5.88 Å². The molecule has 3 heterocycles. The van der Waals surface area contributed by atoms with Gasteiger partial charge in [0.05, 0.1) is 12.1 Å². The van der Waals surface area contributed by atoms with Gasteiger partial charge in [0.25, 0.3) is 0 Å². The van der Waals surface area contributed by atoms with Crippen LogP contribution in [0.3, 0.4) is 0 Å². The molecule has 9 heteroatoms. The number of nitrogens with two attached hydrogens (primary N) is 1. The molecule has 0 aliphatic heterocycles. The van der Waals surface area contributed by atoms with E-state index in [1.165, 1.54) is 6.33 Å². The summed E-state index contributed by atoms with van der Waals surface area (Å²) in [5.41, 5.74) is 6.69. The molecule has 0 unspecified atom stereocenters. The van der Waals surface area contributed by atoms with E-state index in [1.54, 1.807) is 4.52 Å². The number of hydrogen-bond donors (Lipinski definition) is 2. The van der Waals surface area contributed by atoms with Gasteiger partial charge in [-0.05, 0) is 32.9 Å². The van der Waals surface area contributed by atoms with Crippen LogP contribution < -0.4 is 15.8 Å². The second kappa shape index (κ2) is 6.60. The van der Waals surface area contributed by atoms with Gasteiger partial charge in [-0.1, -0.05) is 0 Å². The smallest absolute Gasteiger partial charge is 0.242 e. The summed E-state index contributed by atoms with van der Waals surface area (Å²) >= 11 is 0. The minimum atomic E-state index is -0.331. The van der Waals surface area contributed by atoms with E-state index >= 15 is 0 Å². The standard InChI is InChI=1S/C16H18N8O/c1-9(2)25-16-12-5-4-6-24(12)23-14(22-16)10(3)21-15-11(7-17)13(18)19-8-20-15/h4-6,8-10H,1-3H3,(H3,18,19,20,21)/t10-/m0/s1. The summed E-state index contributed by atoms with van der Waals surface area (Å²) in [6.07, 6.45) is 3.11. The molecule has 0 aliphatic carbocycles. The Morgan fingerprint density at radius 3 is 2.84 bits per heavy atom.